The van der Waals surface area contributed by atoms with Gasteiger partial charge in [0.1, 0.15) is 6.10 Å². The minimum absolute atomic E-state index is 0. The molecular formula is C13H25ClN2O3. The molecule has 19 heavy (non-hydrogen) atoms. The quantitative estimate of drug-likeness (QED) is 0.789. The number of nitrogens with one attached hydrogen (secondary N) is 2. The molecule has 0 spiro atoms. The van der Waals surface area contributed by atoms with E-state index in [4.69, 9.17) is 9.47 Å². The molecule has 3 unspecified atom stereocenters. The van der Waals surface area contributed by atoms with Crippen LogP contribution in [0.15, 0.2) is 0 Å². The van der Waals surface area contributed by atoms with Crippen LogP contribution in [0, 0.1) is 0 Å². The Hall–Kier alpha value is -0.360. The number of ether oxygens (including phenoxy) is 2. The van der Waals surface area contributed by atoms with E-state index in [9.17, 15) is 4.79 Å². The number of amides is 1. The van der Waals surface area contributed by atoms with Crippen LogP contribution in [0.4, 0.5) is 0 Å². The molecule has 2 saturated heterocycles. The van der Waals surface area contributed by atoms with E-state index in [-0.39, 0.29) is 30.5 Å². The first-order chi connectivity index (χ1) is 8.75. The van der Waals surface area contributed by atoms with Crippen LogP contribution in [0.2, 0.25) is 0 Å². The average molecular weight is 293 g/mol. The van der Waals surface area contributed by atoms with Crippen molar-refractivity contribution < 1.29 is 14.3 Å². The molecule has 2 aliphatic heterocycles. The normalized spacial score (nSPS) is 28.5. The number of carbonyl (C=O) groups excluding carboxylic acids is 1. The number of carbonyl (C=O) groups is 1. The van der Waals surface area contributed by atoms with Crippen molar-refractivity contribution in [1.29, 1.82) is 0 Å². The van der Waals surface area contributed by atoms with Crippen LogP contribution in [-0.4, -0.2) is 50.5 Å². The predicted octanol–water partition coefficient (Wildman–Crippen LogP) is 0.860. The van der Waals surface area contributed by atoms with Gasteiger partial charge < -0.3 is 20.1 Å². The van der Waals surface area contributed by atoms with Crippen molar-refractivity contribution in [3.05, 3.63) is 0 Å². The Labute approximate surface area is 121 Å². The van der Waals surface area contributed by atoms with Crippen LogP contribution >= 0.6 is 12.4 Å². The van der Waals surface area contributed by atoms with Crippen molar-refractivity contribution in [2.24, 2.45) is 0 Å². The van der Waals surface area contributed by atoms with Gasteiger partial charge in [-0.05, 0) is 39.2 Å². The number of hydrogen-bond donors (Lipinski definition) is 2. The molecule has 0 bridgehead atoms. The molecule has 0 aromatic heterocycles. The molecule has 0 aliphatic carbocycles. The van der Waals surface area contributed by atoms with E-state index in [0.717, 1.165) is 45.4 Å². The largest absolute Gasteiger partial charge is 0.376 e. The SMILES string of the molecule is CC(OCC1CCCO1)C(=O)NC1CCCNC1.Cl. The maximum absolute atomic E-state index is 11.9. The Balaban J connectivity index is 0.00000180. The second-order valence-corrected chi connectivity index (χ2v) is 5.16. The molecule has 2 N–H and O–H groups in total. The van der Waals surface area contributed by atoms with Gasteiger partial charge >= 0.3 is 0 Å². The van der Waals surface area contributed by atoms with Crippen LogP contribution in [-0.2, 0) is 14.3 Å². The molecule has 3 atom stereocenters. The molecule has 0 radical (unpaired) electrons. The molecule has 0 saturated carbocycles. The summed E-state index contributed by atoms with van der Waals surface area (Å²) in [6.45, 7) is 5.07. The Kier molecular flexibility index (Phi) is 7.68. The minimum atomic E-state index is -0.392. The first-order valence-corrected chi connectivity index (χ1v) is 7.00. The van der Waals surface area contributed by atoms with Gasteiger partial charge in [0.2, 0.25) is 5.91 Å². The van der Waals surface area contributed by atoms with Crippen LogP contribution in [0.3, 0.4) is 0 Å². The molecule has 1 amide bonds. The van der Waals surface area contributed by atoms with Gasteiger partial charge in [0.25, 0.3) is 0 Å². The summed E-state index contributed by atoms with van der Waals surface area (Å²) in [6, 6.07) is 0.250. The highest BCUT2D eigenvalue weighted by Crippen LogP contribution is 2.12. The van der Waals surface area contributed by atoms with Crippen molar-refractivity contribution in [3.63, 3.8) is 0 Å². The summed E-state index contributed by atoms with van der Waals surface area (Å²) in [7, 11) is 0. The number of piperidine rings is 1. The van der Waals surface area contributed by atoms with Crippen LogP contribution in [0.5, 0.6) is 0 Å². The molecule has 0 aromatic carbocycles. The molecule has 0 aromatic rings. The van der Waals surface area contributed by atoms with Crippen molar-refractivity contribution in [1.82, 2.24) is 10.6 Å². The molecular weight excluding hydrogens is 268 g/mol. The monoisotopic (exact) mass is 292 g/mol. The van der Waals surface area contributed by atoms with Crippen molar-refractivity contribution in [2.45, 2.75) is 50.9 Å². The average Bonchev–Trinajstić information content (AvgIpc) is 2.90. The number of rotatable bonds is 5. The van der Waals surface area contributed by atoms with Crippen LogP contribution in [0.1, 0.15) is 32.6 Å². The lowest BCUT2D eigenvalue weighted by Crippen LogP contribution is -2.48. The zero-order valence-corrected chi connectivity index (χ0v) is 12.3. The standard InChI is InChI=1S/C13H24N2O3.ClH/c1-10(18-9-12-5-3-7-17-12)13(16)15-11-4-2-6-14-8-11;/h10-12,14H,2-9H2,1H3,(H,15,16);1H. The van der Waals surface area contributed by atoms with E-state index in [2.05, 4.69) is 10.6 Å². The number of halogens is 1. The summed E-state index contributed by atoms with van der Waals surface area (Å²) in [6.07, 6.45) is 4.10. The Bertz CT molecular complexity index is 267. The summed E-state index contributed by atoms with van der Waals surface area (Å²) in [5.41, 5.74) is 0. The van der Waals surface area contributed by atoms with Gasteiger partial charge in [-0.2, -0.15) is 0 Å². The summed E-state index contributed by atoms with van der Waals surface area (Å²) in [4.78, 5) is 11.9. The van der Waals surface area contributed by atoms with Gasteiger partial charge in [0, 0.05) is 19.2 Å². The molecule has 5 nitrogen and oxygen atoms in total. The fraction of sp³-hybridized carbons (Fsp3) is 0.923. The maximum atomic E-state index is 11.9. The Morgan fingerprint density at radius 3 is 2.95 bits per heavy atom. The maximum Gasteiger partial charge on any atom is 0.249 e. The third-order valence-electron chi connectivity index (χ3n) is 3.57. The molecule has 2 rings (SSSR count). The molecule has 2 aliphatic rings. The van der Waals surface area contributed by atoms with E-state index >= 15 is 0 Å². The summed E-state index contributed by atoms with van der Waals surface area (Å²) in [5, 5.41) is 6.31. The highest BCUT2D eigenvalue weighted by atomic mass is 35.5. The highest BCUT2D eigenvalue weighted by molar-refractivity contribution is 5.85. The van der Waals surface area contributed by atoms with E-state index < -0.39 is 6.10 Å². The lowest BCUT2D eigenvalue weighted by atomic mass is 10.1. The fourth-order valence-corrected chi connectivity index (χ4v) is 2.40. The summed E-state index contributed by atoms with van der Waals surface area (Å²) in [5.74, 6) is -0.0123. The van der Waals surface area contributed by atoms with Gasteiger partial charge in [-0.1, -0.05) is 0 Å². The fourth-order valence-electron chi connectivity index (χ4n) is 2.40. The smallest absolute Gasteiger partial charge is 0.249 e. The van der Waals surface area contributed by atoms with E-state index in [0.29, 0.717) is 6.61 Å². The zero-order chi connectivity index (χ0) is 12.8. The Morgan fingerprint density at radius 1 is 1.47 bits per heavy atom. The van der Waals surface area contributed by atoms with E-state index in [1.807, 2.05) is 0 Å². The predicted molar refractivity (Wildman–Crippen MR) is 75.7 cm³/mol. The van der Waals surface area contributed by atoms with Gasteiger partial charge in [0.05, 0.1) is 12.7 Å². The van der Waals surface area contributed by atoms with Crippen molar-refractivity contribution >= 4 is 18.3 Å². The van der Waals surface area contributed by atoms with E-state index in [1.165, 1.54) is 0 Å². The molecule has 6 heteroatoms. The van der Waals surface area contributed by atoms with Gasteiger partial charge in [0.15, 0.2) is 0 Å². The van der Waals surface area contributed by atoms with Crippen LogP contribution < -0.4 is 10.6 Å². The second kappa shape index (κ2) is 8.74. The summed E-state index contributed by atoms with van der Waals surface area (Å²) < 4.78 is 11.0. The highest BCUT2D eigenvalue weighted by Gasteiger charge is 2.22. The third-order valence-corrected chi connectivity index (χ3v) is 3.57. The lowest BCUT2D eigenvalue weighted by Gasteiger charge is -2.25. The Morgan fingerprint density at radius 2 is 2.32 bits per heavy atom. The second-order valence-electron chi connectivity index (χ2n) is 5.16. The zero-order valence-electron chi connectivity index (χ0n) is 11.5. The van der Waals surface area contributed by atoms with Gasteiger partial charge in [-0.15, -0.1) is 12.4 Å². The first-order valence-electron chi connectivity index (χ1n) is 7.00. The topological polar surface area (TPSA) is 59.6 Å². The minimum Gasteiger partial charge on any atom is -0.376 e. The number of hydrogen-bond acceptors (Lipinski definition) is 4. The third kappa shape index (κ3) is 5.65. The molecule has 112 valence electrons. The molecule has 2 heterocycles. The van der Waals surface area contributed by atoms with Gasteiger partial charge in [-0.3, -0.25) is 4.79 Å². The van der Waals surface area contributed by atoms with E-state index in [1.54, 1.807) is 6.92 Å². The van der Waals surface area contributed by atoms with Crippen molar-refractivity contribution in [2.75, 3.05) is 26.3 Å². The first kappa shape index (κ1) is 16.7. The van der Waals surface area contributed by atoms with Gasteiger partial charge in [-0.25, -0.2) is 0 Å². The molecule has 2 fully saturated rings. The van der Waals surface area contributed by atoms with Crippen molar-refractivity contribution in [3.8, 4) is 0 Å². The van der Waals surface area contributed by atoms with Crippen LogP contribution in [0.25, 0.3) is 0 Å². The lowest BCUT2D eigenvalue weighted by molar-refractivity contribution is -0.134. The summed E-state index contributed by atoms with van der Waals surface area (Å²) >= 11 is 0.